The van der Waals surface area contributed by atoms with E-state index in [1.54, 1.807) is 7.11 Å². The van der Waals surface area contributed by atoms with E-state index in [2.05, 4.69) is 6.92 Å². The van der Waals surface area contributed by atoms with Crippen LogP contribution in [0.3, 0.4) is 0 Å². The zero-order valence-corrected chi connectivity index (χ0v) is 11.3. The van der Waals surface area contributed by atoms with Crippen molar-refractivity contribution >= 4 is 0 Å². The lowest BCUT2D eigenvalue weighted by Gasteiger charge is -2.41. The van der Waals surface area contributed by atoms with E-state index in [1.807, 2.05) is 0 Å². The molecule has 1 aliphatic carbocycles. The Balaban J connectivity index is 1.96. The number of hydrogen-bond donors (Lipinski definition) is 1. The fraction of sp³-hybridized carbons (Fsp3) is 1.00. The second-order valence-corrected chi connectivity index (χ2v) is 5.75. The lowest BCUT2D eigenvalue weighted by molar-refractivity contribution is -0.104. The van der Waals surface area contributed by atoms with Crippen molar-refractivity contribution in [2.75, 3.05) is 13.7 Å². The summed E-state index contributed by atoms with van der Waals surface area (Å²) in [5.41, 5.74) is 6.56. The van der Waals surface area contributed by atoms with Crippen molar-refractivity contribution in [3.05, 3.63) is 0 Å². The van der Waals surface area contributed by atoms with Gasteiger partial charge in [0.2, 0.25) is 0 Å². The van der Waals surface area contributed by atoms with Crippen LogP contribution in [0, 0.1) is 5.92 Å². The molecule has 3 heteroatoms. The highest BCUT2D eigenvalue weighted by atomic mass is 16.5. The highest BCUT2D eigenvalue weighted by molar-refractivity contribution is 4.95. The molecule has 2 N–H and O–H groups in total. The van der Waals surface area contributed by atoms with Gasteiger partial charge in [-0.25, -0.2) is 0 Å². The van der Waals surface area contributed by atoms with E-state index in [4.69, 9.17) is 15.2 Å². The minimum absolute atomic E-state index is 0.173. The molecule has 0 aromatic heterocycles. The number of methoxy groups -OCH3 is 1. The van der Waals surface area contributed by atoms with Crippen molar-refractivity contribution in [1.29, 1.82) is 0 Å². The number of hydrogen-bond acceptors (Lipinski definition) is 3. The number of rotatable bonds is 4. The average Bonchev–Trinajstić information content (AvgIpc) is 2.78. The molecule has 0 aromatic rings. The predicted molar refractivity (Wildman–Crippen MR) is 68.9 cm³/mol. The summed E-state index contributed by atoms with van der Waals surface area (Å²) < 4.78 is 11.6. The van der Waals surface area contributed by atoms with Gasteiger partial charge in [-0.1, -0.05) is 19.8 Å². The minimum Gasteiger partial charge on any atom is -0.380 e. The van der Waals surface area contributed by atoms with Crippen molar-refractivity contribution in [3.8, 4) is 0 Å². The van der Waals surface area contributed by atoms with Gasteiger partial charge >= 0.3 is 0 Å². The van der Waals surface area contributed by atoms with Crippen molar-refractivity contribution < 1.29 is 9.47 Å². The van der Waals surface area contributed by atoms with Crippen molar-refractivity contribution in [2.24, 2.45) is 11.7 Å². The molecule has 17 heavy (non-hydrogen) atoms. The van der Waals surface area contributed by atoms with E-state index in [0.717, 1.165) is 25.9 Å². The minimum atomic E-state index is 0.173. The van der Waals surface area contributed by atoms with Gasteiger partial charge in [-0.3, -0.25) is 0 Å². The van der Waals surface area contributed by atoms with E-state index in [1.165, 1.54) is 25.7 Å². The molecule has 3 unspecified atom stereocenters. The molecule has 3 atom stereocenters. The van der Waals surface area contributed by atoms with Gasteiger partial charge in [0, 0.05) is 19.8 Å². The molecular formula is C14H27NO2. The second kappa shape index (κ2) is 5.68. The number of ether oxygens (including phenoxy) is 2. The first-order valence-electron chi connectivity index (χ1n) is 7.13. The van der Waals surface area contributed by atoms with Crippen molar-refractivity contribution in [2.45, 2.75) is 69.6 Å². The van der Waals surface area contributed by atoms with Crippen LogP contribution >= 0.6 is 0 Å². The first-order valence-corrected chi connectivity index (χ1v) is 7.13. The maximum atomic E-state index is 6.38. The Bertz CT molecular complexity index is 234. The molecule has 1 saturated heterocycles. The van der Waals surface area contributed by atoms with Crippen LogP contribution in [0.4, 0.5) is 0 Å². The molecule has 0 bridgehead atoms. The Hall–Kier alpha value is -0.120. The second-order valence-electron chi connectivity index (χ2n) is 5.75. The zero-order chi connectivity index (χ0) is 12.3. The van der Waals surface area contributed by atoms with Crippen LogP contribution in [-0.2, 0) is 9.47 Å². The first-order chi connectivity index (χ1) is 8.21. The standard InChI is InChI=1S/C14H27NO2/c1-3-12(16-2)13(15)11-6-9-17-14(10-11)7-4-5-8-14/h11-13H,3-10,15H2,1-2H3. The SMILES string of the molecule is CCC(OC)C(N)C1CCOC2(CCCC2)C1. The summed E-state index contributed by atoms with van der Waals surface area (Å²) in [6.07, 6.45) is 8.57. The van der Waals surface area contributed by atoms with E-state index >= 15 is 0 Å². The molecule has 1 heterocycles. The maximum Gasteiger partial charge on any atom is 0.0722 e. The smallest absolute Gasteiger partial charge is 0.0722 e. The molecule has 2 rings (SSSR count). The van der Waals surface area contributed by atoms with E-state index < -0.39 is 0 Å². The van der Waals surface area contributed by atoms with Crippen LogP contribution in [0.5, 0.6) is 0 Å². The van der Waals surface area contributed by atoms with Gasteiger partial charge in [-0.15, -0.1) is 0 Å². The predicted octanol–water partition coefficient (Wildman–Crippen LogP) is 2.48. The van der Waals surface area contributed by atoms with Crippen LogP contribution in [-0.4, -0.2) is 31.5 Å². The Morgan fingerprint density at radius 3 is 2.71 bits per heavy atom. The third-order valence-corrected chi connectivity index (χ3v) is 4.72. The van der Waals surface area contributed by atoms with E-state index in [9.17, 15) is 0 Å². The van der Waals surface area contributed by atoms with Gasteiger partial charge in [-0.05, 0) is 38.0 Å². The maximum absolute atomic E-state index is 6.38. The fourth-order valence-corrected chi connectivity index (χ4v) is 3.66. The van der Waals surface area contributed by atoms with E-state index in [-0.39, 0.29) is 17.7 Å². The summed E-state index contributed by atoms with van der Waals surface area (Å²) >= 11 is 0. The van der Waals surface area contributed by atoms with Gasteiger partial charge in [0.1, 0.15) is 0 Å². The van der Waals surface area contributed by atoms with Gasteiger partial charge in [0.25, 0.3) is 0 Å². The molecule has 100 valence electrons. The Kier molecular flexibility index (Phi) is 4.45. The van der Waals surface area contributed by atoms with Crippen LogP contribution in [0.25, 0.3) is 0 Å². The number of nitrogens with two attached hydrogens (primary N) is 1. The summed E-state index contributed by atoms with van der Waals surface area (Å²) in [7, 11) is 1.78. The van der Waals surface area contributed by atoms with Crippen molar-refractivity contribution in [1.82, 2.24) is 0 Å². The summed E-state index contributed by atoms with van der Waals surface area (Å²) in [5, 5.41) is 0. The Morgan fingerprint density at radius 2 is 2.12 bits per heavy atom. The first kappa shape index (κ1) is 13.3. The molecule has 0 radical (unpaired) electrons. The summed E-state index contributed by atoms with van der Waals surface area (Å²) in [6, 6.07) is 0.173. The fourth-order valence-electron chi connectivity index (χ4n) is 3.66. The monoisotopic (exact) mass is 241 g/mol. The lowest BCUT2D eigenvalue weighted by Crippen LogP contribution is -2.49. The zero-order valence-electron chi connectivity index (χ0n) is 11.3. The van der Waals surface area contributed by atoms with Gasteiger partial charge in [-0.2, -0.15) is 0 Å². The molecule has 0 amide bonds. The third-order valence-electron chi connectivity index (χ3n) is 4.72. The molecule has 1 aliphatic heterocycles. The molecule has 0 aromatic carbocycles. The molecule has 1 spiro atoms. The summed E-state index contributed by atoms with van der Waals surface area (Å²) in [4.78, 5) is 0. The topological polar surface area (TPSA) is 44.5 Å². The van der Waals surface area contributed by atoms with Crippen LogP contribution < -0.4 is 5.73 Å². The quantitative estimate of drug-likeness (QED) is 0.822. The Labute approximate surface area is 105 Å². The summed E-state index contributed by atoms with van der Waals surface area (Å²) in [5.74, 6) is 0.576. The normalized spacial score (nSPS) is 31.6. The molecular weight excluding hydrogens is 214 g/mol. The molecule has 2 aliphatic rings. The Morgan fingerprint density at radius 1 is 1.41 bits per heavy atom. The van der Waals surface area contributed by atoms with Crippen LogP contribution in [0.2, 0.25) is 0 Å². The van der Waals surface area contributed by atoms with Gasteiger partial charge < -0.3 is 15.2 Å². The molecule has 2 fully saturated rings. The molecule has 3 nitrogen and oxygen atoms in total. The highest BCUT2D eigenvalue weighted by Crippen LogP contribution is 2.43. The third kappa shape index (κ3) is 2.83. The lowest BCUT2D eigenvalue weighted by atomic mass is 9.79. The average molecular weight is 241 g/mol. The van der Waals surface area contributed by atoms with E-state index in [0.29, 0.717) is 5.92 Å². The van der Waals surface area contributed by atoms with Gasteiger partial charge in [0.05, 0.1) is 11.7 Å². The largest absolute Gasteiger partial charge is 0.380 e. The van der Waals surface area contributed by atoms with Crippen LogP contribution in [0.15, 0.2) is 0 Å². The van der Waals surface area contributed by atoms with Crippen molar-refractivity contribution in [3.63, 3.8) is 0 Å². The van der Waals surface area contributed by atoms with Gasteiger partial charge in [0.15, 0.2) is 0 Å². The molecule has 1 saturated carbocycles. The summed E-state index contributed by atoms with van der Waals surface area (Å²) in [6.45, 7) is 3.04. The van der Waals surface area contributed by atoms with Crippen LogP contribution in [0.1, 0.15) is 51.9 Å². The highest BCUT2D eigenvalue weighted by Gasteiger charge is 2.42.